The standard InChI is InChI=1S/C12H11FN2O5S/c13-9-2-1-3-10(8(9)6-14)21(18,19)15-12(11(16)17)4-5-20-7-12/h1-3,15H,4-5,7H2,(H,16,17). The molecule has 1 aromatic rings. The lowest BCUT2D eigenvalue weighted by Crippen LogP contribution is -2.55. The Labute approximate surface area is 120 Å². The Kier molecular flexibility index (Phi) is 3.95. The molecule has 112 valence electrons. The van der Waals surface area contributed by atoms with Gasteiger partial charge in [0.25, 0.3) is 0 Å². The highest BCUT2D eigenvalue weighted by Gasteiger charge is 2.46. The van der Waals surface area contributed by atoms with Crippen molar-refractivity contribution in [2.24, 2.45) is 0 Å². The average Bonchev–Trinajstić information content (AvgIpc) is 2.87. The Hall–Kier alpha value is -2.02. The third-order valence-corrected chi connectivity index (χ3v) is 4.72. The molecule has 21 heavy (non-hydrogen) atoms. The molecule has 1 saturated heterocycles. The van der Waals surface area contributed by atoms with Gasteiger partial charge in [0.15, 0.2) is 5.54 Å². The second kappa shape index (κ2) is 5.40. The van der Waals surface area contributed by atoms with E-state index in [0.29, 0.717) is 0 Å². The average molecular weight is 314 g/mol. The quantitative estimate of drug-likeness (QED) is 0.821. The van der Waals surface area contributed by atoms with Crippen LogP contribution in [-0.4, -0.2) is 38.2 Å². The fraction of sp³-hybridized carbons (Fsp3) is 0.333. The smallest absolute Gasteiger partial charge is 0.327 e. The molecule has 1 heterocycles. The van der Waals surface area contributed by atoms with Gasteiger partial charge >= 0.3 is 5.97 Å². The predicted molar refractivity (Wildman–Crippen MR) is 67.2 cm³/mol. The lowest BCUT2D eigenvalue weighted by molar-refractivity contribution is -0.144. The van der Waals surface area contributed by atoms with E-state index >= 15 is 0 Å². The Morgan fingerprint density at radius 2 is 2.24 bits per heavy atom. The van der Waals surface area contributed by atoms with Crippen LogP contribution in [0.5, 0.6) is 0 Å². The first-order valence-corrected chi connectivity index (χ1v) is 7.34. The molecule has 2 rings (SSSR count). The van der Waals surface area contributed by atoms with Gasteiger partial charge in [0.1, 0.15) is 22.3 Å². The molecule has 0 aromatic heterocycles. The van der Waals surface area contributed by atoms with Crippen molar-refractivity contribution in [1.29, 1.82) is 5.26 Å². The lowest BCUT2D eigenvalue weighted by Gasteiger charge is -2.23. The molecule has 7 nitrogen and oxygen atoms in total. The van der Waals surface area contributed by atoms with E-state index in [9.17, 15) is 22.7 Å². The first-order chi connectivity index (χ1) is 9.82. The number of hydrogen-bond acceptors (Lipinski definition) is 5. The summed E-state index contributed by atoms with van der Waals surface area (Å²) in [5, 5.41) is 18.1. The van der Waals surface area contributed by atoms with Crippen molar-refractivity contribution in [3.8, 4) is 6.07 Å². The number of hydrogen-bond donors (Lipinski definition) is 2. The SMILES string of the molecule is N#Cc1c(F)cccc1S(=O)(=O)NC1(C(=O)O)CCOC1. The summed E-state index contributed by atoms with van der Waals surface area (Å²) >= 11 is 0. The number of nitrogens with one attached hydrogen (secondary N) is 1. The second-order valence-corrected chi connectivity index (χ2v) is 6.17. The van der Waals surface area contributed by atoms with Gasteiger partial charge in [0.2, 0.25) is 10.0 Å². The van der Waals surface area contributed by atoms with Gasteiger partial charge in [-0.1, -0.05) is 6.07 Å². The summed E-state index contributed by atoms with van der Waals surface area (Å²) in [5.41, 5.74) is -2.47. The van der Waals surface area contributed by atoms with E-state index < -0.39 is 37.8 Å². The van der Waals surface area contributed by atoms with Gasteiger partial charge < -0.3 is 9.84 Å². The van der Waals surface area contributed by atoms with Crippen LogP contribution in [0.4, 0.5) is 4.39 Å². The fourth-order valence-electron chi connectivity index (χ4n) is 2.01. The number of ether oxygens (including phenoxy) is 1. The van der Waals surface area contributed by atoms with Crippen LogP contribution in [0, 0.1) is 17.1 Å². The Bertz CT molecular complexity index is 720. The zero-order valence-corrected chi connectivity index (χ0v) is 11.5. The Morgan fingerprint density at radius 3 is 2.76 bits per heavy atom. The van der Waals surface area contributed by atoms with Crippen molar-refractivity contribution in [1.82, 2.24) is 4.72 Å². The molecular weight excluding hydrogens is 303 g/mol. The molecule has 0 aliphatic carbocycles. The zero-order valence-electron chi connectivity index (χ0n) is 10.7. The highest BCUT2D eigenvalue weighted by molar-refractivity contribution is 7.89. The second-order valence-electron chi connectivity index (χ2n) is 4.52. The summed E-state index contributed by atoms with van der Waals surface area (Å²) in [6.07, 6.45) is -0.0568. The van der Waals surface area contributed by atoms with Crippen molar-refractivity contribution in [3.63, 3.8) is 0 Å². The number of benzene rings is 1. The number of carboxylic acid groups (broad SMARTS) is 1. The number of carbonyl (C=O) groups is 1. The lowest BCUT2D eigenvalue weighted by atomic mass is 10.0. The first kappa shape index (κ1) is 15.4. The number of nitriles is 1. The van der Waals surface area contributed by atoms with E-state index in [2.05, 4.69) is 0 Å². The number of carboxylic acids is 1. The van der Waals surface area contributed by atoms with Crippen molar-refractivity contribution in [2.75, 3.05) is 13.2 Å². The number of halogens is 1. The van der Waals surface area contributed by atoms with E-state index in [-0.39, 0.29) is 19.6 Å². The van der Waals surface area contributed by atoms with E-state index in [1.54, 1.807) is 0 Å². The van der Waals surface area contributed by atoms with Gasteiger partial charge in [0.05, 0.1) is 6.61 Å². The molecule has 9 heteroatoms. The summed E-state index contributed by atoms with van der Waals surface area (Å²) < 4.78 is 45.0. The number of rotatable bonds is 4. The summed E-state index contributed by atoms with van der Waals surface area (Å²) in [4.78, 5) is 10.7. The minimum absolute atomic E-state index is 0.0568. The summed E-state index contributed by atoms with van der Waals surface area (Å²) in [5.74, 6) is -2.38. The molecule has 2 N–H and O–H groups in total. The topological polar surface area (TPSA) is 116 Å². The van der Waals surface area contributed by atoms with Crippen LogP contribution in [0.15, 0.2) is 23.1 Å². The maximum Gasteiger partial charge on any atom is 0.327 e. The highest BCUT2D eigenvalue weighted by Crippen LogP contribution is 2.24. The van der Waals surface area contributed by atoms with Gasteiger partial charge in [-0.25, -0.2) is 12.8 Å². The molecule has 0 spiro atoms. The maximum absolute atomic E-state index is 13.5. The Morgan fingerprint density at radius 1 is 1.52 bits per heavy atom. The van der Waals surface area contributed by atoms with Crippen LogP contribution in [0.2, 0.25) is 0 Å². The third kappa shape index (κ3) is 2.73. The van der Waals surface area contributed by atoms with Crippen molar-refractivity contribution < 1.29 is 27.4 Å². The first-order valence-electron chi connectivity index (χ1n) is 5.86. The predicted octanol–water partition coefficient (Wildman–Crippen LogP) is 0.219. The molecule has 0 saturated carbocycles. The van der Waals surface area contributed by atoms with Crippen molar-refractivity contribution in [3.05, 3.63) is 29.6 Å². The van der Waals surface area contributed by atoms with Crippen LogP contribution < -0.4 is 4.72 Å². The van der Waals surface area contributed by atoms with Crippen LogP contribution in [-0.2, 0) is 19.6 Å². The van der Waals surface area contributed by atoms with E-state index in [1.807, 2.05) is 4.72 Å². The number of nitrogens with zero attached hydrogens (tertiary/aromatic N) is 1. The monoisotopic (exact) mass is 314 g/mol. The van der Waals surface area contributed by atoms with Crippen molar-refractivity contribution in [2.45, 2.75) is 16.9 Å². The molecule has 1 aliphatic heterocycles. The van der Waals surface area contributed by atoms with Crippen molar-refractivity contribution >= 4 is 16.0 Å². The Balaban J connectivity index is 2.47. The summed E-state index contributed by atoms with van der Waals surface area (Å²) in [6, 6.07) is 4.58. The molecule has 1 aliphatic rings. The summed E-state index contributed by atoms with van der Waals surface area (Å²) in [6.45, 7) is -0.248. The van der Waals surface area contributed by atoms with Crippen LogP contribution in [0.3, 0.4) is 0 Å². The molecule has 1 atom stereocenters. The molecule has 1 aromatic carbocycles. The highest BCUT2D eigenvalue weighted by atomic mass is 32.2. The number of aliphatic carboxylic acids is 1. The third-order valence-electron chi connectivity index (χ3n) is 3.14. The summed E-state index contributed by atoms with van der Waals surface area (Å²) in [7, 11) is -4.39. The van der Waals surface area contributed by atoms with Crippen LogP contribution in [0.25, 0.3) is 0 Å². The maximum atomic E-state index is 13.5. The normalized spacial score (nSPS) is 21.9. The fourth-order valence-corrected chi connectivity index (χ4v) is 3.55. The molecule has 0 amide bonds. The molecule has 0 radical (unpaired) electrons. The van der Waals surface area contributed by atoms with E-state index in [4.69, 9.17) is 10.00 Å². The van der Waals surface area contributed by atoms with Gasteiger partial charge in [0, 0.05) is 13.0 Å². The van der Waals surface area contributed by atoms with Gasteiger partial charge in [-0.2, -0.15) is 9.98 Å². The largest absolute Gasteiger partial charge is 0.480 e. The van der Waals surface area contributed by atoms with Gasteiger partial charge in [-0.3, -0.25) is 4.79 Å². The molecular formula is C12H11FN2O5S. The molecule has 1 fully saturated rings. The van der Waals surface area contributed by atoms with Crippen LogP contribution in [0.1, 0.15) is 12.0 Å². The van der Waals surface area contributed by atoms with Crippen LogP contribution >= 0.6 is 0 Å². The van der Waals surface area contributed by atoms with E-state index in [0.717, 1.165) is 18.2 Å². The zero-order chi connectivity index (χ0) is 15.7. The molecule has 0 bridgehead atoms. The minimum atomic E-state index is -4.39. The van der Waals surface area contributed by atoms with E-state index in [1.165, 1.54) is 6.07 Å². The minimum Gasteiger partial charge on any atom is -0.480 e. The van der Waals surface area contributed by atoms with Gasteiger partial charge in [-0.15, -0.1) is 0 Å². The molecule has 1 unspecified atom stereocenters. The van der Waals surface area contributed by atoms with Gasteiger partial charge in [-0.05, 0) is 12.1 Å². The number of sulfonamides is 1.